The zero-order valence-corrected chi connectivity index (χ0v) is 16.6. The highest BCUT2D eigenvalue weighted by molar-refractivity contribution is 7.82. The molecule has 1 aromatic heterocycles. The zero-order valence-electron chi connectivity index (χ0n) is 14.8. The zero-order chi connectivity index (χ0) is 19.6. The van der Waals surface area contributed by atoms with Gasteiger partial charge in [-0.15, -0.1) is 24.0 Å². The van der Waals surface area contributed by atoms with Crippen molar-refractivity contribution in [1.29, 1.82) is 0 Å². The van der Waals surface area contributed by atoms with Gasteiger partial charge in [0.2, 0.25) is 0 Å². The van der Waals surface area contributed by atoms with E-state index in [0.29, 0.717) is 16.6 Å². The number of anilines is 2. The first-order valence-electron chi connectivity index (χ1n) is 8.35. The van der Waals surface area contributed by atoms with Crippen molar-refractivity contribution in [2.45, 2.75) is 18.2 Å². The topological polar surface area (TPSA) is 82.5 Å². The molecule has 8 heteroatoms. The minimum absolute atomic E-state index is 0.172. The molecule has 3 rings (SSSR count). The van der Waals surface area contributed by atoms with Gasteiger partial charge in [-0.1, -0.05) is 13.8 Å². The Morgan fingerprint density at radius 3 is 2.56 bits per heavy atom. The van der Waals surface area contributed by atoms with Crippen LogP contribution >= 0.6 is 24.0 Å². The summed E-state index contributed by atoms with van der Waals surface area (Å²) in [7, 11) is 0. The molecule has 0 unspecified atom stereocenters. The molecule has 0 fully saturated rings. The van der Waals surface area contributed by atoms with Gasteiger partial charge < -0.3 is 10.4 Å². The smallest absolute Gasteiger partial charge is 0.335 e. The lowest BCUT2D eigenvalue weighted by atomic mass is 10.2. The van der Waals surface area contributed by atoms with E-state index < -0.39 is 5.97 Å². The summed E-state index contributed by atoms with van der Waals surface area (Å²) in [5.74, 6) is -0.738. The van der Waals surface area contributed by atoms with E-state index in [9.17, 15) is 9.59 Å². The van der Waals surface area contributed by atoms with Crippen LogP contribution in [0.15, 0.2) is 46.8 Å². The van der Waals surface area contributed by atoms with Crippen LogP contribution in [0.4, 0.5) is 16.2 Å². The van der Waals surface area contributed by atoms with E-state index in [2.05, 4.69) is 22.9 Å². The van der Waals surface area contributed by atoms with Crippen molar-refractivity contribution in [2.24, 2.45) is 5.92 Å². The lowest BCUT2D eigenvalue weighted by Gasteiger charge is -2.25. The Kier molecular flexibility index (Phi) is 5.67. The summed E-state index contributed by atoms with van der Waals surface area (Å²) in [4.78, 5) is 29.8. The molecule has 0 spiro atoms. The molecule has 140 valence electrons. The van der Waals surface area contributed by atoms with E-state index in [1.54, 1.807) is 17.0 Å². The van der Waals surface area contributed by atoms with Crippen molar-refractivity contribution < 1.29 is 14.7 Å². The summed E-state index contributed by atoms with van der Waals surface area (Å²) < 4.78 is 1.64. The second-order valence-corrected chi connectivity index (χ2v) is 8.22. The number of amides is 2. The molecule has 3 aromatic rings. The number of thiol groups is 1. The third kappa shape index (κ3) is 4.58. The summed E-state index contributed by atoms with van der Waals surface area (Å²) >= 11 is 5.75. The number of carboxylic acid groups (broad SMARTS) is 1. The van der Waals surface area contributed by atoms with E-state index >= 15 is 0 Å². The Morgan fingerprint density at radius 2 is 1.93 bits per heavy atom. The first-order valence-corrected chi connectivity index (χ1v) is 9.61. The molecule has 0 aliphatic heterocycles. The maximum atomic E-state index is 12.9. The molecule has 0 aliphatic carbocycles. The Balaban J connectivity index is 1.86. The molecule has 1 heterocycles. The first kappa shape index (κ1) is 19.2. The van der Waals surface area contributed by atoms with Gasteiger partial charge in [-0.25, -0.2) is 14.6 Å². The molecule has 0 aliphatic rings. The molecular weight excluding hydrogens is 382 g/mol. The van der Waals surface area contributed by atoms with Gasteiger partial charge in [0, 0.05) is 17.9 Å². The Morgan fingerprint density at radius 1 is 1.22 bits per heavy atom. The number of nitrogens with zero attached hydrogens (tertiary/aromatic N) is 2. The van der Waals surface area contributed by atoms with E-state index in [0.717, 1.165) is 15.9 Å². The number of urea groups is 1. The highest BCUT2D eigenvalue weighted by Gasteiger charge is 2.18. The average molecular weight is 402 g/mol. The number of carboxylic acids is 1. The van der Waals surface area contributed by atoms with Crippen LogP contribution in [0.5, 0.6) is 0 Å². The number of rotatable bonds is 5. The van der Waals surface area contributed by atoms with Gasteiger partial charge in [0.15, 0.2) is 0 Å². The lowest BCUT2D eigenvalue weighted by Crippen LogP contribution is -2.37. The standard InChI is InChI=1S/C19H19N3O3S2/c1-11(2)10-22(14-7-8-15-16(9-14)27-19(26)21-15)18(25)20-13-5-3-12(4-6-13)17(23)24/h3-9,11H,10H2,1-2H3,(H,20,25)(H,21,26)(H,23,24). The molecule has 0 saturated heterocycles. The molecule has 0 bridgehead atoms. The summed E-state index contributed by atoms with van der Waals surface area (Å²) in [5, 5.41) is 11.8. The predicted octanol–water partition coefficient (Wildman–Crippen LogP) is 4.98. The molecule has 2 aromatic carbocycles. The van der Waals surface area contributed by atoms with Crippen LogP contribution in [0.2, 0.25) is 0 Å². The highest BCUT2D eigenvalue weighted by atomic mass is 32.2. The van der Waals surface area contributed by atoms with Gasteiger partial charge in [0.25, 0.3) is 0 Å². The van der Waals surface area contributed by atoms with Crippen molar-refractivity contribution in [3.05, 3.63) is 48.0 Å². The van der Waals surface area contributed by atoms with E-state index in [1.165, 1.54) is 23.5 Å². The van der Waals surface area contributed by atoms with Crippen LogP contribution in [-0.4, -0.2) is 28.6 Å². The summed E-state index contributed by atoms with van der Waals surface area (Å²) in [6, 6.07) is 11.5. The summed E-state index contributed by atoms with van der Waals surface area (Å²) in [5.41, 5.74) is 2.33. The van der Waals surface area contributed by atoms with Crippen molar-refractivity contribution in [1.82, 2.24) is 4.98 Å². The number of aromatic nitrogens is 1. The van der Waals surface area contributed by atoms with Gasteiger partial charge in [-0.05, 0) is 48.4 Å². The minimum atomic E-state index is -1.00. The third-order valence-corrected chi connectivity index (χ3v) is 5.04. The predicted molar refractivity (Wildman–Crippen MR) is 111 cm³/mol. The van der Waals surface area contributed by atoms with E-state index in [4.69, 9.17) is 5.11 Å². The third-order valence-electron chi connectivity index (χ3n) is 3.85. The van der Waals surface area contributed by atoms with Gasteiger partial charge in [-0.2, -0.15) is 0 Å². The number of aromatic carboxylic acids is 1. The van der Waals surface area contributed by atoms with Gasteiger partial charge in [0.1, 0.15) is 4.34 Å². The number of hydrogen-bond acceptors (Lipinski definition) is 5. The number of benzene rings is 2. The normalized spacial score (nSPS) is 11.0. The van der Waals surface area contributed by atoms with Gasteiger partial charge in [0.05, 0.1) is 15.8 Å². The summed E-state index contributed by atoms with van der Waals surface area (Å²) in [6.45, 7) is 4.62. The van der Waals surface area contributed by atoms with Gasteiger partial charge >= 0.3 is 12.0 Å². The second kappa shape index (κ2) is 7.98. The van der Waals surface area contributed by atoms with Crippen LogP contribution in [0.25, 0.3) is 10.2 Å². The summed E-state index contributed by atoms with van der Waals surface area (Å²) in [6.07, 6.45) is 0. The van der Waals surface area contributed by atoms with Crippen LogP contribution in [0.1, 0.15) is 24.2 Å². The molecular formula is C19H19N3O3S2. The van der Waals surface area contributed by atoms with Crippen molar-refractivity contribution in [3.63, 3.8) is 0 Å². The lowest BCUT2D eigenvalue weighted by molar-refractivity contribution is 0.0697. The largest absolute Gasteiger partial charge is 0.478 e. The molecule has 0 atom stereocenters. The first-order chi connectivity index (χ1) is 12.8. The fourth-order valence-corrected chi connectivity index (χ4v) is 3.77. The van der Waals surface area contributed by atoms with Crippen molar-refractivity contribution in [3.8, 4) is 0 Å². The van der Waals surface area contributed by atoms with Crippen molar-refractivity contribution >= 4 is 57.6 Å². The van der Waals surface area contributed by atoms with Crippen molar-refractivity contribution in [2.75, 3.05) is 16.8 Å². The quantitative estimate of drug-likeness (QED) is 0.527. The Labute approximate surface area is 166 Å². The fourth-order valence-electron chi connectivity index (χ4n) is 2.63. The monoisotopic (exact) mass is 401 g/mol. The molecule has 0 saturated carbocycles. The molecule has 2 amide bonds. The molecule has 0 radical (unpaired) electrons. The molecule has 2 N–H and O–H groups in total. The number of nitrogens with one attached hydrogen (secondary N) is 1. The fraction of sp³-hybridized carbons (Fsp3) is 0.211. The Bertz CT molecular complexity index is 984. The van der Waals surface area contributed by atoms with E-state index in [1.807, 2.05) is 32.0 Å². The highest BCUT2D eigenvalue weighted by Crippen LogP contribution is 2.29. The van der Waals surface area contributed by atoms with E-state index in [-0.39, 0.29) is 17.5 Å². The SMILES string of the molecule is CC(C)CN(C(=O)Nc1ccc(C(=O)O)cc1)c1ccc2nc(S)sc2c1. The number of fused-ring (bicyclic) bond motifs is 1. The number of carbonyl (C=O) groups excluding carboxylic acids is 1. The maximum Gasteiger partial charge on any atom is 0.335 e. The molecule has 27 heavy (non-hydrogen) atoms. The van der Waals surface area contributed by atoms with Crippen LogP contribution < -0.4 is 10.2 Å². The minimum Gasteiger partial charge on any atom is -0.478 e. The molecule has 6 nitrogen and oxygen atoms in total. The second-order valence-electron chi connectivity index (χ2n) is 6.47. The maximum absolute atomic E-state index is 12.9. The number of thiazole rings is 1. The number of hydrogen-bond donors (Lipinski definition) is 3. The van der Waals surface area contributed by atoms with Gasteiger partial charge in [-0.3, -0.25) is 4.90 Å². The Hall–Kier alpha value is -2.58. The van der Waals surface area contributed by atoms with Crippen LogP contribution in [-0.2, 0) is 0 Å². The van der Waals surface area contributed by atoms with Crippen LogP contribution in [0, 0.1) is 5.92 Å². The average Bonchev–Trinajstić information content (AvgIpc) is 2.99. The van der Waals surface area contributed by atoms with Crippen LogP contribution in [0.3, 0.4) is 0 Å². The number of carbonyl (C=O) groups is 2.